The van der Waals surface area contributed by atoms with Crippen molar-refractivity contribution in [2.24, 2.45) is 5.41 Å². The number of hydrogen-bond donors (Lipinski definition) is 0. The number of aromatic nitrogens is 2. The van der Waals surface area contributed by atoms with Crippen molar-refractivity contribution in [3.05, 3.63) is 53.1 Å². The Morgan fingerprint density at radius 2 is 1.83 bits per heavy atom. The van der Waals surface area contributed by atoms with Crippen molar-refractivity contribution < 1.29 is 13.9 Å². The van der Waals surface area contributed by atoms with Crippen molar-refractivity contribution in [3.63, 3.8) is 0 Å². The molecule has 0 amide bonds. The molecule has 1 aromatic carbocycles. The van der Waals surface area contributed by atoms with Crippen LogP contribution in [0.4, 0.5) is 4.39 Å². The molecule has 0 radical (unpaired) electrons. The fourth-order valence-corrected chi connectivity index (χ4v) is 5.54. The number of benzene rings is 1. The highest BCUT2D eigenvalue weighted by molar-refractivity contribution is 5.62. The molecule has 2 aliphatic carbocycles. The van der Waals surface area contributed by atoms with Gasteiger partial charge in [-0.05, 0) is 68.0 Å². The molecule has 154 valence electrons. The van der Waals surface area contributed by atoms with Gasteiger partial charge in [0.25, 0.3) is 0 Å². The van der Waals surface area contributed by atoms with Crippen LogP contribution < -0.4 is 0 Å². The Morgan fingerprint density at radius 1 is 1.14 bits per heavy atom. The summed E-state index contributed by atoms with van der Waals surface area (Å²) in [5.41, 5.74) is 4.36. The number of fused-ring (bicyclic) bond motifs is 3. The summed E-state index contributed by atoms with van der Waals surface area (Å²) in [6.07, 6.45) is 10.4. The summed E-state index contributed by atoms with van der Waals surface area (Å²) in [6.45, 7) is 6.67. The van der Waals surface area contributed by atoms with Gasteiger partial charge in [-0.25, -0.2) is 9.07 Å². The quantitative estimate of drug-likeness (QED) is 0.693. The van der Waals surface area contributed by atoms with Gasteiger partial charge < -0.3 is 9.47 Å². The van der Waals surface area contributed by atoms with Gasteiger partial charge in [-0.2, -0.15) is 5.10 Å². The first kappa shape index (κ1) is 19.0. The lowest BCUT2D eigenvalue weighted by atomic mass is 9.62. The summed E-state index contributed by atoms with van der Waals surface area (Å²) in [5.74, 6) is -0.782. The largest absolute Gasteiger partial charge is 0.343 e. The van der Waals surface area contributed by atoms with Crippen LogP contribution in [0.1, 0.15) is 64.1 Å². The second kappa shape index (κ2) is 6.78. The number of nitrogens with zero attached hydrogens (tertiary/aromatic N) is 2. The summed E-state index contributed by atoms with van der Waals surface area (Å²) >= 11 is 0. The predicted octanol–water partition coefficient (Wildman–Crippen LogP) is 5.44. The molecular weight excluding hydrogens is 367 g/mol. The molecule has 1 saturated carbocycles. The normalized spacial score (nSPS) is 33.4. The second-order valence-corrected chi connectivity index (χ2v) is 8.86. The van der Waals surface area contributed by atoms with E-state index < -0.39 is 5.79 Å². The lowest BCUT2D eigenvalue weighted by Crippen LogP contribution is -2.53. The van der Waals surface area contributed by atoms with Gasteiger partial charge in [0.05, 0.1) is 29.8 Å². The molecule has 3 atom stereocenters. The fourth-order valence-electron chi connectivity index (χ4n) is 5.54. The van der Waals surface area contributed by atoms with Crippen molar-refractivity contribution >= 4 is 6.08 Å². The molecule has 1 spiro atoms. The third-order valence-electron chi connectivity index (χ3n) is 7.22. The SMILES string of the molecule is CCC1OC2(CCCC3=Cc4c(cnn4-c4ccc(F)cc4)CC32C)OC1CC. The molecule has 2 fully saturated rings. The van der Waals surface area contributed by atoms with Gasteiger partial charge in [-0.15, -0.1) is 0 Å². The standard InChI is InChI=1S/C24H29FN2O2/c1-4-21-22(5-2)29-24(28-21)12-6-7-17-13-20-16(14-23(17,24)3)15-26-27(20)19-10-8-18(25)9-11-19/h8-11,13,15,21-22H,4-7,12,14H2,1-3H3. The Kier molecular flexibility index (Phi) is 4.44. The van der Waals surface area contributed by atoms with Crippen molar-refractivity contribution in [3.8, 4) is 5.69 Å². The average molecular weight is 397 g/mol. The summed E-state index contributed by atoms with van der Waals surface area (Å²) in [4.78, 5) is 0. The minimum Gasteiger partial charge on any atom is -0.343 e. The van der Waals surface area contributed by atoms with Gasteiger partial charge in [-0.3, -0.25) is 0 Å². The zero-order valence-corrected chi connectivity index (χ0v) is 17.5. The molecule has 1 aromatic heterocycles. The van der Waals surface area contributed by atoms with Gasteiger partial charge >= 0.3 is 0 Å². The molecule has 0 N–H and O–H groups in total. The minimum atomic E-state index is -0.548. The van der Waals surface area contributed by atoms with Gasteiger partial charge in [-0.1, -0.05) is 26.3 Å². The Balaban J connectivity index is 1.55. The maximum atomic E-state index is 13.4. The van der Waals surface area contributed by atoms with Crippen LogP contribution in [0.25, 0.3) is 11.8 Å². The molecule has 1 saturated heterocycles. The molecule has 0 bridgehead atoms. The van der Waals surface area contributed by atoms with E-state index in [9.17, 15) is 4.39 Å². The van der Waals surface area contributed by atoms with Crippen LogP contribution in [0.3, 0.4) is 0 Å². The van der Waals surface area contributed by atoms with Crippen molar-refractivity contribution in [2.75, 3.05) is 0 Å². The Hall–Kier alpha value is -1.98. The van der Waals surface area contributed by atoms with Crippen molar-refractivity contribution in [1.82, 2.24) is 9.78 Å². The molecule has 29 heavy (non-hydrogen) atoms. The summed E-state index contributed by atoms with van der Waals surface area (Å²) in [7, 11) is 0. The summed E-state index contributed by atoms with van der Waals surface area (Å²) in [5, 5.41) is 4.63. The lowest BCUT2D eigenvalue weighted by Gasteiger charge is -2.51. The Morgan fingerprint density at radius 3 is 2.48 bits per heavy atom. The maximum absolute atomic E-state index is 13.4. The smallest absolute Gasteiger partial charge is 0.178 e. The van der Waals surface area contributed by atoms with E-state index in [-0.39, 0.29) is 23.4 Å². The van der Waals surface area contributed by atoms with E-state index in [1.54, 1.807) is 12.1 Å². The van der Waals surface area contributed by atoms with Gasteiger partial charge in [0.15, 0.2) is 5.79 Å². The molecular formula is C24H29FN2O2. The van der Waals surface area contributed by atoms with Gasteiger partial charge in [0.1, 0.15) is 5.82 Å². The minimum absolute atomic E-state index is 0.166. The van der Waals surface area contributed by atoms with E-state index in [1.807, 2.05) is 10.9 Å². The topological polar surface area (TPSA) is 36.3 Å². The highest BCUT2D eigenvalue weighted by Gasteiger charge is 2.61. The van der Waals surface area contributed by atoms with E-state index in [0.717, 1.165) is 49.9 Å². The number of halogens is 1. The van der Waals surface area contributed by atoms with Crippen molar-refractivity contribution in [2.45, 2.75) is 77.3 Å². The predicted molar refractivity (Wildman–Crippen MR) is 110 cm³/mol. The third-order valence-corrected chi connectivity index (χ3v) is 7.22. The van der Waals surface area contributed by atoms with E-state index in [4.69, 9.17) is 9.47 Å². The van der Waals surface area contributed by atoms with E-state index in [1.165, 1.54) is 23.3 Å². The van der Waals surface area contributed by atoms with Crippen LogP contribution in [-0.4, -0.2) is 27.8 Å². The second-order valence-electron chi connectivity index (χ2n) is 8.86. The van der Waals surface area contributed by atoms with Gasteiger partial charge in [0.2, 0.25) is 0 Å². The third kappa shape index (κ3) is 2.74. The maximum Gasteiger partial charge on any atom is 0.178 e. The van der Waals surface area contributed by atoms with Crippen molar-refractivity contribution in [1.29, 1.82) is 0 Å². The molecule has 1 aliphatic heterocycles. The molecule has 2 aromatic rings. The van der Waals surface area contributed by atoms with Crippen LogP contribution in [0, 0.1) is 11.2 Å². The Bertz CT molecular complexity index is 936. The molecule has 2 heterocycles. The van der Waals surface area contributed by atoms with Crippen LogP contribution in [0.15, 0.2) is 36.0 Å². The molecule has 3 unspecified atom stereocenters. The Labute approximate surface area is 171 Å². The van der Waals surface area contributed by atoms with E-state index in [0.29, 0.717) is 0 Å². The lowest BCUT2D eigenvalue weighted by molar-refractivity contribution is -0.248. The summed E-state index contributed by atoms with van der Waals surface area (Å²) < 4.78 is 28.7. The number of ether oxygens (including phenoxy) is 2. The van der Waals surface area contributed by atoms with Crippen LogP contribution in [-0.2, 0) is 15.9 Å². The first-order valence-corrected chi connectivity index (χ1v) is 10.9. The highest BCUT2D eigenvalue weighted by atomic mass is 19.1. The van der Waals surface area contributed by atoms with Crippen LogP contribution >= 0.6 is 0 Å². The molecule has 5 heteroatoms. The van der Waals surface area contributed by atoms with E-state index >= 15 is 0 Å². The highest BCUT2D eigenvalue weighted by Crippen LogP contribution is 2.58. The fraction of sp³-hybridized carbons (Fsp3) is 0.542. The molecule has 3 aliphatic rings. The van der Waals surface area contributed by atoms with E-state index in [2.05, 4.69) is 31.9 Å². The number of rotatable bonds is 3. The number of hydrogen-bond acceptors (Lipinski definition) is 3. The van der Waals surface area contributed by atoms with Gasteiger partial charge in [0, 0.05) is 11.8 Å². The monoisotopic (exact) mass is 396 g/mol. The zero-order chi connectivity index (χ0) is 20.2. The van der Waals surface area contributed by atoms with Crippen LogP contribution in [0.5, 0.6) is 0 Å². The van der Waals surface area contributed by atoms with Crippen LogP contribution in [0.2, 0.25) is 0 Å². The summed E-state index contributed by atoms with van der Waals surface area (Å²) in [6, 6.07) is 6.51. The molecule has 4 nitrogen and oxygen atoms in total. The first-order chi connectivity index (χ1) is 14.0. The zero-order valence-electron chi connectivity index (χ0n) is 17.5. The molecule has 5 rings (SSSR count). The first-order valence-electron chi connectivity index (χ1n) is 10.9. The average Bonchev–Trinajstić information content (AvgIpc) is 3.29.